The van der Waals surface area contributed by atoms with E-state index in [9.17, 15) is 4.79 Å². The van der Waals surface area contributed by atoms with E-state index in [2.05, 4.69) is 11.8 Å². The second-order valence-electron chi connectivity index (χ2n) is 4.50. The Kier molecular flexibility index (Phi) is 6.91. The largest absolute Gasteiger partial charge is 0.395 e. The number of carbonyl (C=O) groups excluding carboxylic acids is 1. The van der Waals surface area contributed by atoms with Crippen LogP contribution in [0.3, 0.4) is 0 Å². The molecule has 0 saturated heterocycles. The molecule has 0 radical (unpaired) electrons. The molecule has 0 bridgehead atoms. The van der Waals surface area contributed by atoms with Gasteiger partial charge in [0.1, 0.15) is 0 Å². The van der Waals surface area contributed by atoms with Crippen molar-refractivity contribution in [3.8, 4) is 0 Å². The minimum Gasteiger partial charge on any atom is -0.395 e. The van der Waals surface area contributed by atoms with E-state index in [1.807, 2.05) is 24.3 Å². The average Bonchev–Trinajstić information content (AvgIpc) is 2.40. The number of thioether (sulfide) groups is 1. The van der Waals surface area contributed by atoms with Gasteiger partial charge in [0, 0.05) is 32.1 Å². The maximum atomic E-state index is 11.6. The lowest BCUT2D eigenvalue weighted by atomic mass is 10.2. The van der Waals surface area contributed by atoms with Gasteiger partial charge in [0.15, 0.2) is 0 Å². The number of aliphatic hydroxyl groups is 1. The molecule has 0 atom stereocenters. The topological polar surface area (TPSA) is 43.8 Å². The minimum atomic E-state index is 0.0308. The second kappa shape index (κ2) is 8.19. The van der Waals surface area contributed by atoms with Crippen molar-refractivity contribution >= 4 is 17.0 Å². The number of amides is 1. The molecule has 0 heterocycles. The Hall–Kier alpha value is -1.04. The van der Waals surface area contributed by atoms with E-state index < -0.39 is 0 Å². The predicted octanol–water partition coefficient (Wildman–Crippen LogP) is 2.27. The monoisotopic (exact) mass is 282 g/mol. The van der Waals surface area contributed by atoms with E-state index >= 15 is 0 Å². The third kappa shape index (κ3) is 5.63. The number of rotatable bonds is 6. The summed E-state index contributed by atoms with van der Waals surface area (Å²) in [6, 6.07) is 8.00. The van der Waals surface area contributed by atoms with Crippen LogP contribution in [0, 0.1) is 0 Å². The fraction of sp³-hybridized carbons (Fsp3) is 0.500. The number of nitrogens with zero attached hydrogens (tertiary/aromatic N) is 2. The molecule has 1 rings (SSSR count). The van der Waals surface area contributed by atoms with Crippen LogP contribution in [0.2, 0.25) is 0 Å². The predicted molar refractivity (Wildman–Crippen MR) is 79.4 cm³/mol. The Balaban J connectivity index is 2.58. The molecule has 0 aliphatic heterocycles. The van der Waals surface area contributed by atoms with Gasteiger partial charge in [-0.2, -0.15) is 0 Å². The van der Waals surface area contributed by atoms with Crippen molar-refractivity contribution in [3.05, 3.63) is 29.8 Å². The van der Waals surface area contributed by atoms with Crippen molar-refractivity contribution < 1.29 is 9.90 Å². The van der Waals surface area contributed by atoms with Gasteiger partial charge >= 0.3 is 0 Å². The number of hydrogen-bond acceptors (Lipinski definition) is 4. The van der Waals surface area contributed by atoms with Gasteiger partial charge in [0.2, 0.25) is 0 Å². The van der Waals surface area contributed by atoms with Crippen molar-refractivity contribution in [2.75, 3.05) is 33.8 Å². The number of benzene rings is 1. The van der Waals surface area contributed by atoms with Crippen LogP contribution in [-0.4, -0.2) is 53.9 Å². The third-order valence-corrected chi connectivity index (χ3v) is 3.81. The van der Waals surface area contributed by atoms with Crippen LogP contribution in [0.5, 0.6) is 0 Å². The Labute approximate surface area is 119 Å². The lowest BCUT2D eigenvalue weighted by molar-refractivity contribution is 0.197. The summed E-state index contributed by atoms with van der Waals surface area (Å²) in [7, 11) is 3.50. The van der Waals surface area contributed by atoms with Crippen molar-refractivity contribution in [1.82, 2.24) is 9.80 Å². The fourth-order valence-corrected chi connectivity index (χ4v) is 2.26. The summed E-state index contributed by atoms with van der Waals surface area (Å²) in [5.41, 5.74) is 1.19. The zero-order valence-electron chi connectivity index (χ0n) is 11.8. The van der Waals surface area contributed by atoms with E-state index in [1.165, 1.54) is 17.3 Å². The van der Waals surface area contributed by atoms with Gasteiger partial charge < -0.3 is 10.0 Å². The average molecular weight is 282 g/mol. The molecule has 0 aliphatic carbocycles. The minimum absolute atomic E-state index is 0.0308. The van der Waals surface area contributed by atoms with Gasteiger partial charge in [0.25, 0.3) is 5.24 Å². The summed E-state index contributed by atoms with van der Waals surface area (Å²) in [5.74, 6) is 0. The van der Waals surface area contributed by atoms with Crippen LogP contribution in [0.1, 0.15) is 12.5 Å². The molecule has 0 spiro atoms. The molecule has 1 aromatic carbocycles. The number of aliphatic hydroxyl groups excluding tert-OH is 1. The highest BCUT2D eigenvalue weighted by Gasteiger charge is 2.07. The first-order chi connectivity index (χ1) is 9.06. The quantitative estimate of drug-likeness (QED) is 0.813. The molecule has 1 N–H and O–H groups in total. The molecular weight excluding hydrogens is 260 g/mol. The van der Waals surface area contributed by atoms with Crippen molar-refractivity contribution in [1.29, 1.82) is 0 Å². The summed E-state index contributed by atoms with van der Waals surface area (Å²) in [6.07, 6.45) is 0. The molecule has 1 amide bonds. The van der Waals surface area contributed by atoms with Gasteiger partial charge in [-0.15, -0.1) is 0 Å². The summed E-state index contributed by atoms with van der Waals surface area (Å²) in [6.45, 7) is 4.68. The van der Waals surface area contributed by atoms with Crippen LogP contribution in [0.25, 0.3) is 0 Å². The van der Waals surface area contributed by atoms with E-state index in [1.54, 1.807) is 19.0 Å². The maximum absolute atomic E-state index is 11.6. The highest BCUT2D eigenvalue weighted by atomic mass is 32.2. The zero-order valence-corrected chi connectivity index (χ0v) is 12.6. The lowest BCUT2D eigenvalue weighted by Gasteiger charge is -2.19. The maximum Gasteiger partial charge on any atom is 0.285 e. The van der Waals surface area contributed by atoms with Crippen molar-refractivity contribution in [2.45, 2.75) is 18.4 Å². The standard InChI is InChI=1S/C14H22N2O2S/c1-4-16(9-10-17)11-12-5-7-13(8-6-12)19-14(18)15(2)3/h5-8,17H,4,9-11H2,1-3H3. The molecule has 0 aliphatic rings. The first-order valence-corrected chi connectivity index (χ1v) is 7.19. The van der Waals surface area contributed by atoms with Gasteiger partial charge in [-0.1, -0.05) is 19.1 Å². The molecular formula is C14H22N2O2S. The molecule has 106 valence electrons. The molecule has 0 fully saturated rings. The van der Waals surface area contributed by atoms with Crippen LogP contribution in [-0.2, 0) is 6.54 Å². The summed E-state index contributed by atoms with van der Waals surface area (Å²) in [4.78, 5) is 16.3. The highest BCUT2D eigenvalue weighted by Crippen LogP contribution is 2.21. The molecule has 0 aromatic heterocycles. The van der Waals surface area contributed by atoms with Crippen LogP contribution in [0.15, 0.2) is 29.2 Å². The summed E-state index contributed by atoms with van der Waals surface area (Å²) < 4.78 is 0. The second-order valence-corrected chi connectivity index (χ2v) is 5.52. The molecule has 19 heavy (non-hydrogen) atoms. The SMILES string of the molecule is CCN(CCO)Cc1ccc(SC(=O)N(C)C)cc1. The lowest BCUT2D eigenvalue weighted by Crippen LogP contribution is -2.26. The Morgan fingerprint density at radius 1 is 1.26 bits per heavy atom. The molecule has 4 nitrogen and oxygen atoms in total. The number of carbonyl (C=O) groups is 1. The van der Waals surface area contributed by atoms with Crippen molar-refractivity contribution in [2.24, 2.45) is 0 Å². The van der Waals surface area contributed by atoms with Gasteiger partial charge in [-0.05, 0) is 36.0 Å². The first kappa shape index (κ1) is 16.0. The zero-order chi connectivity index (χ0) is 14.3. The Morgan fingerprint density at radius 3 is 2.37 bits per heavy atom. The Bertz CT molecular complexity index is 393. The van der Waals surface area contributed by atoms with Gasteiger partial charge in [0.05, 0.1) is 6.61 Å². The van der Waals surface area contributed by atoms with Gasteiger partial charge in [-0.3, -0.25) is 9.69 Å². The van der Waals surface area contributed by atoms with E-state index in [-0.39, 0.29) is 11.8 Å². The smallest absolute Gasteiger partial charge is 0.285 e. The van der Waals surface area contributed by atoms with E-state index in [0.717, 1.165) is 18.0 Å². The van der Waals surface area contributed by atoms with Crippen LogP contribution < -0.4 is 0 Å². The number of hydrogen-bond donors (Lipinski definition) is 1. The molecule has 0 saturated carbocycles. The molecule has 1 aromatic rings. The summed E-state index contributed by atoms with van der Waals surface area (Å²) in [5, 5.41) is 8.98. The fourth-order valence-electron chi connectivity index (χ4n) is 1.60. The van der Waals surface area contributed by atoms with E-state index in [0.29, 0.717) is 6.54 Å². The third-order valence-electron chi connectivity index (χ3n) is 2.76. The van der Waals surface area contributed by atoms with Crippen LogP contribution >= 0.6 is 11.8 Å². The number of likely N-dealkylation sites (N-methyl/N-ethyl adjacent to an activating group) is 1. The van der Waals surface area contributed by atoms with Crippen LogP contribution in [0.4, 0.5) is 4.79 Å². The van der Waals surface area contributed by atoms with E-state index in [4.69, 9.17) is 5.11 Å². The summed E-state index contributed by atoms with van der Waals surface area (Å²) >= 11 is 1.23. The highest BCUT2D eigenvalue weighted by molar-refractivity contribution is 8.13. The molecule has 0 unspecified atom stereocenters. The normalized spacial score (nSPS) is 10.8. The van der Waals surface area contributed by atoms with Gasteiger partial charge in [-0.25, -0.2) is 0 Å². The Morgan fingerprint density at radius 2 is 1.89 bits per heavy atom. The first-order valence-electron chi connectivity index (χ1n) is 6.38. The molecule has 5 heteroatoms. The van der Waals surface area contributed by atoms with Crippen molar-refractivity contribution in [3.63, 3.8) is 0 Å².